The Hall–Kier alpha value is -0.930. The minimum atomic E-state index is 0.208. The summed E-state index contributed by atoms with van der Waals surface area (Å²) < 4.78 is 0. The highest BCUT2D eigenvalue weighted by Crippen LogP contribution is 2.33. The molecular formula is C17H29N3. The molecule has 0 bridgehead atoms. The first-order chi connectivity index (χ1) is 9.66. The summed E-state index contributed by atoms with van der Waals surface area (Å²) in [6.45, 7) is 4.20. The van der Waals surface area contributed by atoms with Crippen LogP contribution in [0.3, 0.4) is 0 Å². The second-order valence-electron chi connectivity index (χ2n) is 6.46. The summed E-state index contributed by atoms with van der Waals surface area (Å²) in [7, 11) is 2.24. The van der Waals surface area contributed by atoms with Gasteiger partial charge in [-0.3, -0.25) is 9.88 Å². The number of hydrogen-bond donors (Lipinski definition) is 1. The zero-order valence-electron chi connectivity index (χ0n) is 13.0. The van der Waals surface area contributed by atoms with Crippen LogP contribution < -0.4 is 5.73 Å². The van der Waals surface area contributed by atoms with Crippen molar-refractivity contribution >= 4 is 0 Å². The SMILES string of the molecule is CC1CCCC(CN)(N(C)CCc2ccccn2)CC1. The highest BCUT2D eigenvalue weighted by molar-refractivity contribution is 5.04. The van der Waals surface area contributed by atoms with Gasteiger partial charge < -0.3 is 5.73 Å². The average Bonchev–Trinajstić information content (AvgIpc) is 2.68. The molecule has 1 aliphatic carbocycles. The van der Waals surface area contributed by atoms with E-state index in [-0.39, 0.29) is 5.54 Å². The quantitative estimate of drug-likeness (QED) is 0.840. The predicted octanol–water partition coefficient (Wildman–Crippen LogP) is 2.85. The van der Waals surface area contributed by atoms with Gasteiger partial charge in [0.2, 0.25) is 0 Å². The third-order valence-electron chi connectivity index (χ3n) is 5.06. The van der Waals surface area contributed by atoms with Gasteiger partial charge in [-0.2, -0.15) is 0 Å². The molecule has 1 aromatic heterocycles. The molecule has 20 heavy (non-hydrogen) atoms. The molecule has 2 unspecified atom stereocenters. The monoisotopic (exact) mass is 275 g/mol. The van der Waals surface area contributed by atoms with E-state index in [0.717, 1.165) is 25.4 Å². The van der Waals surface area contributed by atoms with Crippen LogP contribution in [0.25, 0.3) is 0 Å². The van der Waals surface area contributed by atoms with Crippen LogP contribution in [-0.2, 0) is 6.42 Å². The lowest BCUT2D eigenvalue weighted by Gasteiger charge is -2.41. The molecule has 1 heterocycles. The maximum absolute atomic E-state index is 6.17. The minimum absolute atomic E-state index is 0.208. The maximum Gasteiger partial charge on any atom is 0.0416 e. The number of rotatable bonds is 5. The second-order valence-corrected chi connectivity index (χ2v) is 6.46. The summed E-state index contributed by atoms with van der Waals surface area (Å²) in [6, 6.07) is 6.15. The second kappa shape index (κ2) is 7.19. The van der Waals surface area contributed by atoms with Crippen molar-refractivity contribution in [3.8, 4) is 0 Å². The van der Waals surface area contributed by atoms with E-state index >= 15 is 0 Å². The van der Waals surface area contributed by atoms with Crippen LogP contribution in [0.4, 0.5) is 0 Å². The Morgan fingerprint density at radius 3 is 2.90 bits per heavy atom. The van der Waals surface area contributed by atoms with E-state index in [1.165, 1.54) is 37.8 Å². The zero-order chi connectivity index (χ0) is 14.4. The van der Waals surface area contributed by atoms with Crippen molar-refractivity contribution < 1.29 is 0 Å². The van der Waals surface area contributed by atoms with E-state index in [0.29, 0.717) is 0 Å². The highest BCUT2D eigenvalue weighted by atomic mass is 15.2. The van der Waals surface area contributed by atoms with Gasteiger partial charge in [0, 0.05) is 36.9 Å². The molecule has 0 saturated heterocycles. The molecule has 2 atom stereocenters. The van der Waals surface area contributed by atoms with Crippen molar-refractivity contribution in [2.45, 2.75) is 51.0 Å². The summed E-state index contributed by atoms with van der Waals surface area (Å²) in [6.07, 6.45) is 9.35. The Labute approximate surface area is 123 Å². The lowest BCUT2D eigenvalue weighted by atomic mass is 9.88. The van der Waals surface area contributed by atoms with E-state index in [4.69, 9.17) is 5.73 Å². The van der Waals surface area contributed by atoms with Gasteiger partial charge in [-0.15, -0.1) is 0 Å². The van der Waals surface area contributed by atoms with Gasteiger partial charge >= 0.3 is 0 Å². The van der Waals surface area contributed by atoms with Gasteiger partial charge in [0.25, 0.3) is 0 Å². The van der Waals surface area contributed by atoms with Gasteiger partial charge in [0.1, 0.15) is 0 Å². The Morgan fingerprint density at radius 1 is 1.35 bits per heavy atom. The van der Waals surface area contributed by atoms with Crippen molar-refractivity contribution in [1.82, 2.24) is 9.88 Å². The Morgan fingerprint density at radius 2 is 2.20 bits per heavy atom. The Balaban J connectivity index is 1.95. The first-order valence-electron chi connectivity index (χ1n) is 7.97. The molecule has 3 heteroatoms. The van der Waals surface area contributed by atoms with Gasteiger partial charge in [-0.05, 0) is 44.4 Å². The third kappa shape index (κ3) is 3.80. The number of nitrogens with two attached hydrogens (primary N) is 1. The number of hydrogen-bond acceptors (Lipinski definition) is 3. The topological polar surface area (TPSA) is 42.1 Å². The van der Waals surface area contributed by atoms with Gasteiger partial charge in [0.05, 0.1) is 0 Å². The van der Waals surface area contributed by atoms with E-state index in [2.05, 4.69) is 36.0 Å². The van der Waals surface area contributed by atoms with E-state index < -0.39 is 0 Å². The normalized spacial score (nSPS) is 27.5. The predicted molar refractivity (Wildman–Crippen MR) is 84.6 cm³/mol. The molecular weight excluding hydrogens is 246 g/mol. The van der Waals surface area contributed by atoms with Crippen molar-refractivity contribution in [2.75, 3.05) is 20.1 Å². The first-order valence-corrected chi connectivity index (χ1v) is 7.97. The molecule has 0 amide bonds. The fourth-order valence-corrected chi connectivity index (χ4v) is 3.37. The largest absolute Gasteiger partial charge is 0.329 e. The summed E-state index contributed by atoms with van der Waals surface area (Å²) in [5.74, 6) is 0.854. The lowest BCUT2D eigenvalue weighted by Crippen LogP contribution is -2.52. The van der Waals surface area contributed by atoms with Crippen LogP contribution in [-0.4, -0.2) is 35.6 Å². The zero-order valence-corrected chi connectivity index (χ0v) is 13.0. The highest BCUT2D eigenvalue weighted by Gasteiger charge is 2.34. The molecule has 2 rings (SSSR count). The Kier molecular flexibility index (Phi) is 5.55. The van der Waals surface area contributed by atoms with E-state index in [1.807, 2.05) is 12.3 Å². The molecule has 1 fully saturated rings. The summed E-state index contributed by atoms with van der Waals surface area (Å²) in [4.78, 5) is 6.92. The fraction of sp³-hybridized carbons (Fsp3) is 0.706. The molecule has 1 aliphatic rings. The molecule has 1 saturated carbocycles. The molecule has 2 N–H and O–H groups in total. The first kappa shape index (κ1) is 15.5. The minimum Gasteiger partial charge on any atom is -0.329 e. The Bertz CT molecular complexity index is 392. The van der Waals surface area contributed by atoms with Gasteiger partial charge in [0.15, 0.2) is 0 Å². The third-order valence-corrected chi connectivity index (χ3v) is 5.06. The van der Waals surface area contributed by atoms with Crippen molar-refractivity contribution in [1.29, 1.82) is 0 Å². The fourth-order valence-electron chi connectivity index (χ4n) is 3.37. The molecule has 1 aromatic rings. The van der Waals surface area contributed by atoms with Crippen molar-refractivity contribution in [3.63, 3.8) is 0 Å². The number of aromatic nitrogens is 1. The van der Waals surface area contributed by atoms with E-state index in [9.17, 15) is 0 Å². The smallest absolute Gasteiger partial charge is 0.0416 e. The molecule has 112 valence electrons. The molecule has 0 aliphatic heterocycles. The summed E-state index contributed by atoms with van der Waals surface area (Å²) in [5.41, 5.74) is 7.55. The van der Waals surface area contributed by atoms with Crippen LogP contribution in [0.5, 0.6) is 0 Å². The van der Waals surface area contributed by atoms with Crippen LogP contribution in [0.2, 0.25) is 0 Å². The van der Waals surface area contributed by atoms with Crippen molar-refractivity contribution in [2.24, 2.45) is 11.7 Å². The number of nitrogens with zero attached hydrogens (tertiary/aromatic N) is 2. The van der Waals surface area contributed by atoms with Crippen LogP contribution >= 0.6 is 0 Å². The van der Waals surface area contributed by atoms with Gasteiger partial charge in [-0.1, -0.05) is 25.8 Å². The van der Waals surface area contributed by atoms with E-state index in [1.54, 1.807) is 0 Å². The summed E-state index contributed by atoms with van der Waals surface area (Å²) in [5, 5.41) is 0. The number of pyridine rings is 1. The van der Waals surface area contributed by atoms with Crippen LogP contribution in [0, 0.1) is 5.92 Å². The number of likely N-dealkylation sites (N-methyl/N-ethyl adjacent to an activating group) is 1. The average molecular weight is 275 g/mol. The lowest BCUT2D eigenvalue weighted by molar-refractivity contribution is 0.107. The molecule has 3 nitrogen and oxygen atoms in total. The molecule has 0 radical (unpaired) electrons. The summed E-state index contributed by atoms with van der Waals surface area (Å²) >= 11 is 0. The molecule has 0 spiro atoms. The van der Waals surface area contributed by atoms with Crippen LogP contribution in [0.15, 0.2) is 24.4 Å². The van der Waals surface area contributed by atoms with Crippen molar-refractivity contribution in [3.05, 3.63) is 30.1 Å². The van der Waals surface area contributed by atoms with Crippen LogP contribution in [0.1, 0.15) is 44.7 Å². The molecule has 0 aromatic carbocycles. The standard InChI is InChI=1S/C17H29N3/c1-15-6-5-10-17(14-18,11-8-15)20(2)13-9-16-7-3-4-12-19-16/h3-4,7,12,15H,5-6,8-11,13-14,18H2,1-2H3. The van der Waals surface area contributed by atoms with Gasteiger partial charge in [-0.25, -0.2) is 0 Å². The maximum atomic E-state index is 6.17.